The Morgan fingerprint density at radius 3 is 2.85 bits per heavy atom. The Morgan fingerprint density at radius 1 is 1.30 bits per heavy atom. The first-order valence-electron chi connectivity index (χ1n) is 7.66. The van der Waals surface area contributed by atoms with Gasteiger partial charge >= 0.3 is 0 Å². The molecule has 0 saturated heterocycles. The Kier molecular flexibility index (Phi) is 3.81. The van der Waals surface area contributed by atoms with Gasteiger partial charge in [0.2, 0.25) is 5.91 Å². The molecule has 108 valence electrons. The molecule has 3 rings (SSSR count). The quantitative estimate of drug-likeness (QED) is 0.885. The van der Waals surface area contributed by atoms with Crippen LogP contribution in [0.3, 0.4) is 0 Å². The summed E-state index contributed by atoms with van der Waals surface area (Å²) in [5.74, 6) is -0.243. The number of anilines is 2. The van der Waals surface area contributed by atoms with E-state index in [0.29, 0.717) is 12.6 Å². The SMILES string of the molecule is NC(=O)CN(c1ccc2c(c1)CCCN2)C1CCCC1. The van der Waals surface area contributed by atoms with Crippen molar-refractivity contribution in [3.63, 3.8) is 0 Å². The van der Waals surface area contributed by atoms with Gasteiger partial charge in [-0.3, -0.25) is 4.79 Å². The molecule has 0 bridgehead atoms. The predicted molar refractivity (Wildman–Crippen MR) is 82.0 cm³/mol. The third-order valence-corrected chi connectivity index (χ3v) is 4.45. The van der Waals surface area contributed by atoms with Crippen molar-refractivity contribution in [1.82, 2.24) is 0 Å². The molecule has 1 saturated carbocycles. The maximum atomic E-state index is 11.4. The Bertz CT molecular complexity index is 494. The molecule has 1 amide bonds. The highest BCUT2D eigenvalue weighted by atomic mass is 16.1. The summed E-state index contributed by atoms with van der Waals surface area (Å²) in [5, 5.41) is 3.43. The zero-order valence-corrected chi connectivity index (χ0v) is 11.9. The van der Waals surface area contributed by atoms with Crippen molar-refractivity contribution in [1.29, 1.82) is 0 Å². The van der Waals surface area contributed by atoms with E-state index in [1.807, 2.05) is 0 Å². The molecule has 1 heterocycles. The van der Waals surface area contributed by atoms with E-state index in [9.17, 15) is 4.79 Å². The lowest BCUT2D eigenvalue weighted by Crippen LogP contribution is -2.40. The van der Waals surface area contributed by atoms with Crippen LogP contribution in [0.15, 0.2) is 18.2 Å². The average Bonchev–Trinajstić information content (AvgIpc) is 2.98. The lowest BCUT2D eigenvalue weighted by Gasteiger charge is -2.31. The van der Waals surface area contributed by atoms with Crippen LogP contribution in [0.1, 0.15) is 37.7 Å². The molecular formula is C16H23N3O. The maximum Gasteiger partial charge on any atom is 0.236 e. The van der Waals surface area contributed by atoms with Crippen LogP contribution in [-0.2, 0) is 11.2 Å². The zero-order chi connectivity index (χ0) is 13.9. The van der Waals surface area contributed by atoms with Crippen molar-refractivity contribution in [2.75, 3.05) is 23.3 Å². The summed E-state index contributed by atoms with van der Waals surface area (Å²) in [4.78, 5) is 13.6. The molecule has 1 aromatic carbocycles. The molecule has 0 radical (unpaired) electrons. The molecule has 0 unspecified atom stereocenters. The van der Waals surface area contributed by atoms with Gasteiger partial charge in [0.15, 0.2) is 0 Å². The molecule has 2 aliphatic rings. The number of benzene rings is 1. The molecule has 1 aliphatic carbocycles. The molecule has 3 N–H and O–H groups in total. The van der Waals surface area contributed by atoms with E-state index in [-0.39, 0.29) is 5.91 Å². The second-order valence-corrected chi connectivity index (χ2v) is 5.90. The number of rotatable bonds is 4. The number of fused-ring (bicyclic) bond motifs is 1. The molecule has 4 heteroatoms. The van der Waals surface area contributed by atoms with Crippen molar-refractivity contribution in [2.45, 2.75) is 44.6 Å². The minimum Gasteiger partial charge on any atom is -0.385 e. The lowest BCUT2D eigenvalue weighted by molar-refractivity contribution is -0.116. The van der Waals surface area contributed by atoms with Gasteiger partial charge in [-0.05, 0) is 49.4 Å². The first kappa shape index (κ1) is 13.3. The topological polar surface area (TPSA) is 58.4 Å². The van der Waals surface area contributed by atoms with Crippen molar-refractivity contribution < 1.29 is 4.79 Å². The van der Waals surface area contributed by atoms with Crippen LogP contribution in [-0.4, -0.2) is 25.0 Å². The molecule has 0 aromatic heterocycles. The van der Waals surface area contributed by atoms with E-state index in [0.717, 1.165) is 18.7 Å². The van der Waals surface area contributed by atoms with E-state index in [1.165, 1.54) is 43.4 Å². The largest absolute Gasteiger partial charge is 0.385 e. The fourth-order valence-corrected chi connectivity index (χ4v) is 3.45. The summed E-state index contributed by atoms with van der Waals surface area (Å²) in [6, 6.07) is 6.98. The number of nitrogens with two attached hydrogens (primary N) is 1. The minimum atomic E-state index is -0.243. The summed E-state index contributed by atoms with van der Waals surface area (Å²) in [7, 11) is 0. The Morgan fingerprint density at radius 2 is 2.10 bits per heavy atom. The van der Waals surface area contributed by atoms with Crippen LogP contribution in [0, 0.1) is 0 Å². The number of hydrogen-bond donors (Lipinski definition) is 2. The summed E-state index contributed by atoms with van der Waals surface area (Å²) in [6.07, 6.45) is 7.14. The smallest absolute Gasteiger partial charge is 0.236 e. The zero-order valence-electron chi connectivity index (χ0n) is 11.9. The molecule has 0 spiro atoms. The van der Waals surface area contributed by atoms with E-state index in [4.69, 9.17) is 5.73 Å². The first-order chi connectivity index (χ1) is 9.74. The van der Waals surface area contributed by atoms with Crippen LogP contribution < -0.4 is 16.0 Å². The highest BCUT2D eigenvalue weighted by Crippen LogP contribution is 2.32. The van der Waals surface area contributed by atoms with Gasteiger partial charge in [0.1, 0.15) is 0 Å². The van der Waals surface area contributed by atoms with Crippen molar-refractivity contribution in [3.8, 4) is 0 Å². The van der Waals surface area contributed by atoms with Crippen LogP contribution in [0.2, 0.25) is 0 Å². The molecule has 0 atom stereocenters. The molecule has 1 fully saturated rings. The Labute approximate surface area is 120 Å². The van der Waals surface area contributed by atoms with Gasteiger partial charge in [-0.1, -0.05) is 12.8 Å². The summed E-state index contributed by atoms with van der Waals surface area (Å²) >= 11 is 0. The number of nitrogens with one attached hydrogen (secondary N) is 1. The van der Waals surface area contributed by atoms with E-state index in [2.05, 4.69) is 28.4 Å². The minimum absolute atomic E-state index is 0.243. The number of carbonyl (C=O) groups excluding carboxylic acids is 1. The van der Waals surface area contributed by atoms with Crippen molar-refractivity contribution in [3.05, 3.63) is 23.8 Å². The Balaban J connectivity index is 1.87. The summed E-state index contributed by atoms with van der Waals surface area (Å²) in [6.45, 7) is 1.39. The van der Waals surface area contributed by atoms with E-state index in [1.54, 1.807) is 0 Å². The standard InChI is InChI=1S/C16H23N3O/c17-16(20)11-19(13-5-1-2-6-13)14-7-8-15-12(10-14)4-3-9-18-15/h7-8,10,13,18H,1-6,9,11H2,(H2,17,20). The fourth-order valence-electron chi connectivity index (χ4n) is 3.45. The second kappa shape index (κ2) is 5.73. The summed E-state index contributed by atoms with van der Waals surface area (Å²) < 4.78 is 0. The number of nitrogens with zero attached hydrogens (tertiary/aromatic N) is 1. The van der Waals surface area contributed by atoms with Crippen LogP contribution in [0.4, 0.5) is 11.4 Å². The number of amides is 1. The number of hydrogen-bond acceptors (Lipinski definition) is 3. The molecule has 1 aliphatic heterocycles. The average molecular weight is 273 g/mol. The van der Waals surface area contributed by atoms with Crippen molar-refractivity contribution >= 4 is 17.3 Å². The van der Waals surface area contributed by atoms with Gasteiger partial charge in [-0.15, -0.1) is 0 Å². The van der Waals surface area contributed by atoms with E-state index >= 15 is 0 Å². The van der Waals surface area contributed by atoms with Gasteiger partial charge in [0.25, 0.3) is 0 Å². The van der Waals surface area contributed by atoms with Gasteiger partial charge in [0, 0.05) is 24.0 Å². The normalized spacial score (nSPS) is 18.4. The van der Waals surface area contributed by atoms with Crippen LogP contribution >= 0.6 is 0 Å². The fraction of sp³-hybridized carbons (Fsp3) is 0.562. The summed E-state index contributed by atoms with van der Waals surface area (Å²) in [5.41, 5.74) is 9.20. The number of primary amides is 1. The molecule has 1 aromatic rings. The lowest BCUT2D eigenvalue weighted by atomic mass is 10.0. The second-order valence-electron chi connectivity index (χ2n) is 5.90. The highest BCUT2D eigenvalue weighted by Gasteiger charge is 2.24. The van der Waals surface area contributed by atoms with Crippen LogP contribution in [0.5, 0.6) is 0 Å². The number of aryl methyl sites for hydroxylation is 1. The third-order valence-electron chi connectivity index (χ3n) is 4.45. The van der Waals surface area contributed by atoms with Crippen molar-refractivity contribution in [2.24, 2.45) is 5.73 Å². The van der Waals surface area contributed by atoms with Gasteiger partial charge in [-0.25, -0.2) is 0 Å². The van der Waals surface area contributed by atoms with Gasteiger partial charge < -0.3 is 16.0 Å². The van der Waals surface area contributed by atoms with Crippen LogP contribution in [0.25, 0.3) is 0 Å². The number of carbonyl (C=O) groups is 1. The molecular weight excluding hydrogens is 250 g/mol. The Hall–Kier alpha value is -1.71. The van der Waals surface area contributed by atoms with Gasteiger partial charge in [-0.2, -0.15) is 0 Å². The van der Waals surface area contributed by atoms with E-state index < -0.39 is 0 Å². The molecule has 4 nitrogen and oxygen atoms in total. The molecule has 20 heavy (non-hydrogen) atoms. The third kappa shape index (κ3) is 2.74. The van der Waals surface area contributed by atoms with Gasteiger partial charge in [0.05, 0.1) is 6.54 Å². The monoisotopic (exact) mass is 273 g/mol. The maximum absolute atomic E-state index is 11.4. The predicted octanol–water partition coefficient (Wildman–Crippen LogP) is 2.28. The first-order valence-corrected chi connectivity index (χ1v) is 7.66. The highest BCUT2D eigenvalue weighted by molar-refractivity contribution is 5.80.